The van der Waals surface area contributed by atoms with Crippen LogP contribution in [-0.2, 0) is 0 Å². The molecule has 1 atom stereocenters. The highest BCUT2D eigenvalue weighted by atomic mass is 16.5. The number of piperidine rings is 1. The summed E-state index contributed by atoms with van der Waals surface area (Å²) in [6.07, 6.45) is 2.27. The second kappa shape index (κ2) is 4.34. The normalized spacial score (nSPS) is 26.6. The van der Waals surface area contributed by atoms with E-state index in [-0.39, 0.29) is 5.60 Å². The first-order chi connectivity index (χ1) is 7.59. The molecule has 0 bridgehead atoms. The molecule has 1 unspecified atom stereocenters. The molecule has 2 rings (SSSR count). The van der Waals surface area contributed by atoms with E-state index in [0.29, 0.717) is 0 Å². The molecule has 88 valence electrons. The number of nitrogens with zero attached hydrogens (tertiary/aromatic N) is 1. The van der Waals surface area contributed by atoms with Crippen molar-refractivity contribution in [2.45, 2.75) is 25.4 Å². The van der Waals surface area contributed by atoms with Crippen molar-refractivity contribution in [2.24, 2.45) is 0 Å². The van der Waals surface area contributed by atoms with Crippen molar-refractivity contribution in [3.05, 3.63) is 24.3 Å². The van der Waals surface area contributed by atoms with Gasteiger partial charge in [0.25, 0.3) is 0 Å². The lowest BCUT2D eigenvalue weighted by Gasteiger charge is -2.39. The summed E-state index contributed by atoms with van der Waals surface area (Å²) < 4.78 is 6.08. The van der Waals surface area contributed by atoms with Crippen LogP contribution in [0.1, 0.15) is 19.8 Å². The van der Waals surface area contributed by atoms with Gasteiger partial charge in [-0.05, 0) is 45.5 Å². The van der Waals surface area contributed by atoms with Crippen molar-refractivity contribution >= 4 is 5.69 Å². The lowest BCUT2D eigenvalue weighted by Crippen LogP contribution is -2.48. The molecular weight excluding hydrogens is 200 g/mol. The Kier molecular flexibility index (Phi) is 3.06. The molecule has 3 nitrogen and oxygen atoms in total. The molecule has 16 heavy (non-hydrogen) atoms. The van der Waals surface area contributed by atoms with E-state index in [1.54, 1.807) is 0 Å². The summed E-state index contributed by atoms with van der Waals surface area (Å²) in [7, 11) is 2.13. The lowest BCUT2D eigenvalue weighted by molar-refractivity contribution is 0.0162. The Morgan fingerprint density at radius 2 is 2.12 bits per heavy atom. The van der Waals surface area contributed by atoms with Crippen molar-refractivity contribution in [2.75, 3.05) is 25.9 Å². The highest BCUT2D eigenvalue weighted by Gasteiger charge is 2.31. The summed E-state index contributed by atoms with van der Waals surface area (Å²) in [4.78, 5) is 2.31. The topological polar surface area (TPSA) is 38.5 Å². The molecule has 0 aliphatic carbocycles. The molecule has 1 saturated heterocycles. The summed E-state index contributed by atoms with van der Waals surface area (Å²) in [5, 5.41) is 0. The molecule has 1 aromatic rings. The molecule has 1 heterocycles. The zero-order valence-electron chi connectivity index (χ0n) is 10.1. The number of hydrogen-bond acceptors (Lipinski definition) is 3. The van der Waals surface area contributed by atoms with Crippen LogP contribution in [-0.4, -0.2) is 30.6 Å². The zero-order chi connectivity index (χ0) is 11.6. The van der Waals surface area contributed by atoms with Crippen LogP contribution in [0.4, 0.5) is 5.69 Å². The molecule has 3 heteroatoms. The Balaban J connectivity index is 2.11. The van der Waals surface area contributed by atoms with Gasteiger partial charge in [0.05, 0.1) is 5.69 Å². The van der Waals surface area contributed by atoms with Crippen LogP contribution >= 0.6 is 0 Å². The van der Waals surface area contributed by atoms with E-state index in [9.17, 15) is 0 Å². The van der Waals surface area contributed by atoms with E-state index >= 15 is 0 Å². The van der Waals surface area contributed by atoms with E-state index in [0.717, 1.165) is 30.9 Å². The molecule has 0 saturated carbocycles. The molecular formula is C13H20N2O. The van der Waals surface area contributed by atoms with E-state index in [1.807, 2.05) is 24.3 Å². The third-order valence-corrected chi connectivity index (χ3v) is 3.13. The van der Waals surface area contributed by atoms with Crippen LogP contribution < -0.4 is 10.5 Å². The number of nitrogens with two attached hydrogens (primary N) is 1. The maximum atomic E-state index is 6.08. The van der Waals surface area contributed by atoms with Gasteiger partial charge < -0.3 is 15.4 Å². The number of likely N-dealkylation sites (tertiary alicyclic amines) is 1. The van der Waals surface area contributed by atoms with E-state index in [4.69, 9.17) is 10.5 Å². The number of hydrogen-bond donors (Lipinski definition) is 1. The van der Waals surface area contributed by atoms with Crippen LogP contribution in [0.2, 0.25) is 0 Å². The van der Waals surface area contributed by atoms with Gasteiger partial charge in [0.15, 0.2) is 0 Å². The van der Waals surface area contributed by atoms with Gasteiger partial charge in [-0.1, -0.05) is 12.1 Å². The first-order valence-electron chi connectivity index (χ1n) is 5.81. The quantitative estimate of drug-likeness (QED) is 0.776. The Bertz CT molecular complexity index is 367. The number of rotatable bonds is 2. The average molecular weight is 220 g/mol. The fourth-order valence-electron chi connectivity index (χ4n) is 2.37. The largest absolute Gasteiger partial charge is 0.484 e. The first-order valence-corrected chi connectivity index (χ1v) is 5.81. The van der Waals surface area contributed by atoms with Gasteiger partial charge >= 0.3 is 0 Å². The lowest BCUT2D eigenvalue weighted by atomic mass is 9.95. The van der Waals surface area contributed by atoms with Gasteiger partial charge in [0.1, 0.15) is 11.4 Å². The van der Waals surface area contributed by atoms with Crippen LogP contribution in [0.3, 0.4) is 0 Å². The number of likely N-dealkylation sites (N-methyl/N-ethyl adjacent to an activating group) is 1. The maximum Gasteiger partial charge on any atom is 0.143 e. The van der Waals surface area contributed by atoms with Crippen LogP contribution in [0.15, 0.2) is 24.3 Å². The van der Waals surface area contributed by atoms with Crippen LogP contribution in [0.25, 0.3) is 0 Å². The summed E-state index contributed by atoms with van der Waals surface area (Å²) >= 11 is 0. The standard InChI is InChI=1S/C13H20N2O/c1-13(8-5-9-15(2)10-13)16-12-7-4-3-6-11(12)14/h3-4,6-7H,5,8-10,14H2,1-2H3. The molecule has 1 aliphatic rings. The third-order valence-electron chi connectivity index (χ3n) is 3.13. The van der Waals surface area contributed by atoms with Crippen LogP contribution in [0, 0.1) is 0 Å². The third kappa shape index (κ3) is 2.47. The number of benzene rings is 1. The van der Waals surface area contributed by atoms with Crippen molar-refractivity contribution in [3.63, 3.8) is 0 Å². The highest BCUT2D eigenvalue weighted by molar-refractivity contribution is 5.52. The minimum atomic E-state index is -0.109. The number of para-hydroxylation sites is 2. The van der Waals surface area contributed by atoms with Crippen LogP contribution in [0.5, 0.6) is 5.75 Å². The summed E-state index contributed by atoms with van der Waals surface area (Å²) in [6, 6.07) is 7.71. The smallest absolute Gasteiger partial charge is 0.143 e. The molecule has 1 fully saturated rings. The van der Waals surface area contributed by atoms with Gasteiger partial charge in [-0.2, -0.15) is 0 Å². The monoisotopic (exact) mass is 220 g/mol. The van der Waals surface area contributed by atoms with Gasteiger partial charge in [0, 0.05) is 6.54 Å². The van der Waals surface area contributed by atoms with Gasteiger partial charge in [-0.15, -0.1) is 0 Å². The Morgan fingerprint density at radius 1 is 1.38 bits per heavy atom. The van der Waals surface area contributed by atoms with Crippen molar-refractivity contribution < 1.29 is 4.74 Å². The summed E-state index contributed by atoms with van der Waals surface area (Å²) in [5.74, 6) is 0.806. The van der Waals surface area contributed by atoms with E-state index < -0.39 is 0 Å². The number of nitrogen functional groups attached to an aromatic ring is 1. The van der Waals surface area contributed by atoms with Gasteiger partial charge in [-0.3, -0.25) is 0 Å². The minimum Gasteiger partial charge on any atom is -0.484 e. The maximum absolute atomic E-state index is 6.08. The second-order valence-electron chi connectivity index (χ2n) is 4.93. The minimum absolute atomic E-state index is 0.109. The molecule has 1 aliphatic heterocycles. The fourth-order valence-corrected chi connectivity index (χ4v) is 2.37. The van der Waals surface area contributed by atoms with Gasteiger partial charge in [0.2, 0.25) is 0 Å². The molecule has 0 spiro atoms. The van der Waals surface area contributed by atoms with Gasteiger partial charge in [-0.25, -0.2) is 0 Å². The number of ether oxygens (including phenoxy) is 1. The predicted octanol–water partition coefficient (Wildman–Crippen LogP) is 2.13. The fraction of sp³-hybridized carbons (Fsp3) is 0.538. The Morgan fingerprint density at radius 3 is 2.81 bits per heavy atom. The second-order valence-corrected chi connectivity index (χ2v) is 4.93. The van der Waals surface area contributed by atoms with E-state index in [1.165, 1.54) is 6.42 Å². The molecule has 0 radical (unpaired) electrons. The molecule has 2 N–H and O–H groups in total. The van der Waals surface area contributed by atoms with E-state index in [2.05, 4.69) is 18.9 Å². The predicted molar refractivity (Wildman–Crippen MR) is 66.6 cm³/mol. The Hall–Kier alpha value is -1.22. The molecule has 0 aromatic heterocycles. The summed E-state index contributed by atoms with van der Waals surface area (Å²) in [5.41, 5.74) is 6.50. The highest BCUT2D eigenvalue weighted by Crippen LogP contribution is 2.30. The SMILES string of the molecule is CN1CCCC(C)(Oc2ccccc2N)C1. The molecule has 0 amide bonds. The van der Waals surface area contributed by atoms with Crippen molar-refractivity contribution in [1.82, 2.24) is 4.90 Å². The van der Waals surface area contributed by atoms with Crippen molar-refractivity contribution in [1.29, 1.82) is 0 Å². The molecule has 1 aromatic carbocycles. The Labute approximate surface area is 97.2 Å². The average Bonchev–Trinajstić information content (AvgIpc) is 2.21. The van der Waals surface area contributed by atoms with Crippen molar-refractivity contribution in [3.8, 4) is 5.75 Å². The summed E-state index contributed by atoms with van der Waals surface area (Å²) in [6.45, 7) is 4.28. The first kappa shape index (κ1) is 11.3. The number of anilines is 1. The zero-order valence-corrected chi connectivity index (χ0v) is 10.1.